The van der Waals surface area contributed by atoms with Crippen molar-refractivity contribution in [2.75, 3.05) is 0 Å². The highest BCUT2D eigenvalue weighted by molar-refractivity contribution is 5.15. The maximum atomic E-state index is 10.7. The number of aliphatic hydroxyl groups is 1. The molecule has 0 amide bonds. The molecule has 100 valence electrons. The molecular formula is C16H25NO. The molecule has 1 aliphatic carbocycles. The van der Waals surface area contributed by atoms with Crippen molar-refractivity contribution in [1.29, 1.82) is 0 Å². The van der Waals surface area contributed by atoms with Gasteiger partial charge in [-0.05, 0) is 49.1 Å². The van der Waals surface area contributed by atoms with Crippen LogP contribution in [0.25, 0.3) is 0 Å². The van der Waals surface area contributed by atoms with Crippen molar-refractivity contribution < 1.29 is 5.11 Å². The Balaban J connectivity index is 2.03. The van der Waals surface area contributed by atoms with Crippen molar-refractivity contribution in [3.8, 4) is 0 Å². The van der Waals surface area contributed by atoms with Gasteiger partial charge in [-0.25, -0.2) is 0 Å². The molecule has 1 aromatic heterocycles. The number of hydrogen-bond donors (Lipinski definition) is 1. The van der Waals surface area contributed by atoms with E-state index in [0.29, 0.717) is 12.3 Å². The first-order valence-electron chi connectivity index (χ1n) is 7.18. The summed E-state index contributed by atoms with van der Waals surface area (Å²) in [6.45, 7) is 6.68. The van der Waals surface area contributed by atoms with E-state index in [2.05, 4.69) is 37.9 Å². The Morgan fingerprint density at radius 2 is 2.11 bits per heavy atom. The van der Waals surface area contributed by atoms with Crippen molar-refractivity contribution in [3.05, 3.63) is 29.6 Å². The van der Waals surface area contributed by atoms with E-state index in [9.17, 15) is 5.11 Å². The fraction of sp³-hybridized carbons (Fsp3) is 0.688. The van der Waals surface area contributed by atoms with Crippen LogP contribution in [0.5, 0.6) is 0 Å². The van der Waals surface area contributed by atoms with Gasteiger partial charge in [0, 0.05) is 18.3 Å². The first-order valence-corrected chi connectivity index (χ1v) is 7.18. The van der Waals surface area contributed by atoms with Crippen molar-refractivity contribution in [1.82, 2.24) is 4.98 Å². The lowest BCUT2D eigenvalue weighted by atomic mass is 9.71. The maximum Gasteiger partial charge on any atom is 0.0705 e. The van der Waals surface area contributed by atoms with Gasteiger partial charge in [0.2, 0.25) is 0 Å². The number of nitrogens with zero attached hydrogens (tertiary/aromatic N) is 1. The molecule has 1 aromatic rings. The monoisotopic (exact) mass is 247 g/mol. The van der Waals surface area contributed by atoms with Crippen LogP contribution in [0.4, 0.5) is 0 Å². The van der Waals surface area contributed by atoms with Gasteiger partial charge < -0.3 is 5.11 Å². The Morgan fingerprint density at radius 3 is 2.67 bits per heavy atom. The lowest BCUT2D eigenvalue weighted by Gasteiger charge is -2.39. The summed E-state index contributed by atoms with van der Waals surface area (Å²) >= 11 is 0. The summed E-state index contributed by atoms with van der Waals surface area (Å²) in [5.74, 6) is 1.35. The minimum Gasteiger partial charge on any atom is -0.389 e. The summed E-state index contributed by atoms with van der Waals surface area (Å²) in [6.07, 6.45) is 6.61. The number of hydrogen-bond acceptors (Lipinski definition) is 2. The highest BCUT2D eigenvalue weighted by atomic mass is 16.3. The lowest BCUT2D eigenvalue weighted by molar-refractivity contribution is -0.0286. The number of rotatable bonds is 3. The largest absolute Gasteiger partial charge is 0.389 e. The van der Waals surface area contributed by atoms with Crippen molar-refractivity contribution >= 4 is 0 Å². The molecule has 2 nitrogen and oxygen atoms in total. The zero-order valence-corrected chi connectivity index (χ0v) is 11.8. The molecule has 1 N–H and O–H groups in total. The molecule has 3 unspecified atom stereocenters. The van der Waals surface area contributed by atoms with E-state index in [1.54, 1.807) is 0 Å². The predicted octanol–water partition coefficient (Wildman–Crippen LogP) is 3.37. The molecule has 1 aliphatic rings. The van der Waals surface area contributed by atoms with Crippen LogP contribution in [0.15, 0.2) is 18.3 Å². The van der Waals surface area contributed by atoms with Crippen LogP contribution in [0.2, 0.25) is 0 Å². The van der Waals surface area contributed by atoms with Gasteiger partial charge in [-0.3, -0.25) is 4.98 Å². The van der Waals surface area contributed by atoms with E-state index in [1.807, 2.05) is 6.20 Å². The van der Waals surface area contributed by atoms with Gasteiger partial charge in [-0.2, -0.15) is 0 Å². The fourth-order valence-corrected chi connectivity index (χ4v) is 2.95. The molecule has 0 spiro atoms. The normalized spacial score (nSPS) is 32.4. The van der Waals surface area contributed by atoms with E-state index < -0.39 is 5.60 Å². The van der Waals surface area contributed by atoms with Crippen LogP contribution >= 0.6 is 0 Å². The summed E-state index contributed by atoms with van der Waals surface area (Å²) in [5, 5.41) is 10.7. The van der Waals surface area contributed by atoms with Crippen LogP contribution in [-0.2, 0) is 12.8 Å². The van der Waals surface area contributed by atoms with Gasteiger partial charge in [0.25, 0.3) is 0 Å². The van der Waals surface area contributed by atoms with E-state index in [-0.39, 0.29) is 0 Å². The molecule has 1 saturated carbocycles. The maximum absolute atomic E-state index is 10.7. The van der Waals surface area contributed by atoms with E-state index in [0.717, 1.165) is 37.3 Å². The third-order valence-electron chi connectivity index (χ3n) is 4.54. The Kier molecular flexibility index (Phi) is 4.06. The second-order valence-corrected chi connectivity index (χ2v) is 6.11. The smallest absolute Gasteiger partial charge is 0.0705 e. The van der Waals surface area contributed by atoms with Gasteiger partial charge in [0.15, 0.2) is 0 Å². The number of aromatic nitrogens is 1. The topological polar surface area (TPSA) is 33.1 Å². The zero-order chi connectivity index (χ0) is 13.2. The molecule has 0 aliphatic heterocycles. The minimum atomic E-state index is -0.535. The second kappa shape index (κ2) is 5.40. The zero-order valence-electron chi connectivity index (χ0n) is 11.8. The van der Waals surface area contributed by atoms with Crippen molar-refractivity contribution in [2.45, 2.75) is 58.5 Å². The molecule has 18 heavy (non-hydrogen) atoms. The predicted molar refractivity (Wildman–Crippen MR) is 74.4 cm³/mol. The Labute approximate surface area is 110 Å². The molecule has 2 heteroatoms. The summed E-state index contributed by atoms with van der Waals surface area (Å²) in [4.78, 5) is 4.47. The van der Waals surface area contributed by atoms with Gasteiger partial charge in [-0.1, -0.05) is 26.8 Å². The highest BCUT2D eigenvalue weighted by Gasteiger charge is 2.36. The quantitative estimate of drug-likeness (QED) is 0.888. The molecule has 0 saturated heterocycles. The van der Waals surface area contributed by atoms with Crippen LogP contribution in [0, 0.1) is 11.8 Å². The summed E-state index contributed by atoms with van der Waals surface area (Å²) in [6, 6.07) is 4.19. The SMILES string of the molecule is CCc1ccc(CC2(O)CCC(C)C(C)C2)nc1. The van der Waals surface area contributed by atoms with Gasteiger partial charge in [-0.15, -0.1) is 0 Å². The molecule has 1 fully saturated rings. The third kappa shape index (κ3) is 3.11. The summed E-state index contributed by atoms with van der Waals surface area (Å²) < 4.78 is 0. The second-order valence-electron chi connectivity index (χ2n) is 6.11. The van der Waals surface area contributed by atoms with Gasteiger partial charge in [0.05, 0.1) is 5.60 Å². The van der Waals surface area contributed by atoms with E-state index in [1.165, 1.54) is 5.56 Å². The molecule has 0 radical (unpaired) electrons. The molecule has 0 bridgehead atoms. The van der Waals surface area contributed by atoms with Crippen LogP contribution in [0.3, 0.4) is 0 Å². The minimum absolute atomic E-state index is 0.535. The third-order valence-corrected chi connectivity index (χ3v) is 4.54. The fourth-order valence-electron chi connectivity index (χ4n) is 2.95. The molecule has 2 rings (SSSR count). The molecule has 1 heterocycles. The summed E-state index contributed by atoms with van der Waals surface area (Å²) in [5.41, 5.74) is 1.75. The van der Waals surface area contributed by atoms with Crippen molar-refractivity contribution in [3.63, 3.8) is 0 Å². The van der Waals surface area contributed by atoms with E-state index in [4.69, 9.17) is 0 Å². The lowest BCUT2D eigenvalue weighted by Crippen LogP contribution is -2.39. The highest BCUT2D eigenvalue weighted by Crippen LogP contribution is 2.37. The first kappa shape index (κ1) is 13.5. The molecule has 0 aromatic carbocycles. The number of aryl methyl sites for hydroxylation is 1. The van der Waals surface area contributed by atoms with E-state index >= 15 is 0 Å². The standard InChI is InChI=1S/C16H25NO/c1-4-14-5-6-15(17-11-14)10-16(18)8-7-12(2)13(3)9-16/h5-6,11-13,18H,4,7-10H2,1-3H3. The Bertz CT molecular complexity index is 387. The van der Waals surface area contributed by atoms with Gasteiger partial charge in [0.1, 0.15) is 0 Å². The Morgan fingerprint density at radius 1 is 1.33 bits per heavy atom. The van der Waals surface area contributed by atoms with Crippen LogP contribution < -0.4 is 0 Å². The Hall–Kier alpha value is -0.890. The van der Waals surface area contributed by atoms with Crippen molar-refractivity contribution in [2.24, 2.45) is 11.8 Å². The van der Waals surface area contributed by atoms with Gasteiger partial charge >= 0.3 is 0 Å². The van der Waals surface area contributed by atoms with Crippen LogP contribution in [-0.4, -0.2) is 15.7 Å². The average molecular weight is 247 g/mol. The molecular weight excluding hydrogens is 222 g/mol. The number of pyridine rings is 1. The summed E-state index contributed by atoms with van der Waals surface area (Å²) in [7, 11) is 0. The first-order chi connectivity index (χ1) is 8.52. The average Bonchev–Trinajstić information content (AvgIpc) is 2.35. The molecule has 3 atom stereocenters. The van der Waals surface area contributed by atoms with Crippen LogP contribution in [0.1, 0.15) is 51.3 Å².